The minimum Gasteiger partial charge on any atom is -0.352 e. The van der Waals surface area contributed by atoms with Crippen molar-refractivity contribution in [2.45, 2.75) is 25.8 Å². The van der Waals surface area contributed by atoms with Crippen LogP contribution < -0.4 is 11.1 Å². The summed E-state index contributed by atoms with van der Waals surface area (Å²) < 4.78 is 0. The molecule has 0 bridgehead atoms. The zero-order valence-electron chi connectivity index (χ0n) is 8.94. The van der Waals surface area contributed by atoms with Gasteiger partial charge in [0.1, 0.15) is 0 Å². The van der Waals surface area contributed by atoms with Crippen molar-refractivity contribution >= 4 is 5.91 Å². The van der Waals surface area contributed by atoms with Gasteiger partial charge < -0.3 is 11.1 Å². The summed E-state index contributed by atoms with van der Waals surface area (Å²) in [6, 6.07) is 3.79. The molecule has 1 rings (SSSR count). The molecule has 0 saturated heterocycles. The van der Waals surface area contributed by atoms with Crippen molar-refractivity contribution in [2.24, 2.45) is 5.73 Å². The normalized spacial score (nSPS) is 12.1. The van der Waals surface area contributed by atoms with Crippen molar-refractivity contribution in [2.75, 3.05) is 6.54 Å². The predicted octanol–water partition coefficient (Wildman–Crippen LogP) is 0.478. The van der Waals surface area contributed by atoms with Gasteiger partial charge in [0.05, 0.1) is 6.42 Å². The minimum atomic E-state index is 0.000278. The summed E-state index contributed by atoms with van der Waals surface area (Å²) in [5.41, 5.74) is 6.42. The molecule has 0 fully saturated rings. The number of rotatable bonds is 5. The van der Waals surface area contributed by atoms with Crippen LogP contribution in [0.4, 0.5) is 0 Å². The molecule has 0 aliphatic carbocycles. The van der Waals surface area contributed by atoms with E-state index in [0.29, 0.717) is 13.0 Å². The number of pyridine rings is 1. The van der Waals surface area contributed by atoms with Crippen LogP contribution in [0.15, 0.2) is 24.5 Å². The Morgan fingerprint density at radius 2 is 2.47 bits per heavy atom. The first-order valence-corrected chi connectivity index (χ1v) is 5.14. The van der Waals surface area contributed by atoms with E-state index in [-0.39, 0.29) is 11.9 Å². The molecule has 82 valence electrons. The number of hydrogen-bond acceptors (Lipinski definition) is 3. The highest BCUT2D eigenvalue weighted by Gasteiger charge is 2.08. The fourth-order valence-electron chi connectivity index (χ4n) is 1.29. The third-order valence-corrected chi connectivity index (χ3v) is 2.23. The van der Waals surface area contributed by atoms with E-state index in [1.807, 2.05) is 19.1 Å². The zero-order chi connectivity index (χ0) is 11.1. The number of amides is 1. The number of carbonyl (C=O) groups is 1. The second-order valence-electron chi connectivity index (χ2n) is 3.45. The molecule has 1 aromatic heterocycles. The first-order valence-electron chi connectivity index (χ1n) is 5.14. The van der Waals surface area contributed by atoms with Crippen molar-refractivity contribution in [1.29, 1.82) is 0 Å². The smallest absolute Gasteiger partial charge is 0.224 e. The highest BCUT2D eigenvalue weighted by Crippen LogP contribution is 1.97. The number of aromatic nitrogens is 1. The third kappa shape index (κ3) is 4.08. The van der Waals surface area contributed by atoms with Gasteiger partial charge in [0.2, 0.25) is 5.91 Å². The number of nitrogens with zero attached hydrogens (tertiary/aromatic N) is 1. The summed E-state index contributed by atoms with van der Waals surface area (Å²) >= 11 is 0. The Bertz CT molecular complexity index is 296. The Balaban J connectivity index is 2.43. The van der Waals surface area contributed by atoms with Gasteiger partial charge >= 0.3 is 0 Å². The highest BCUT2D eigenvalue weighted by atomic mass is 16.1. The maximum atomic E-state index is 11.5. The van der Waals surface area contributed by atoms with Crippen molar-refractivity contribution in [1.82, 2.24) is 10.3 Å². The summed E-state index contributed by atoms with van der Waals surface area (Å²) in [5.74, 6) is 0.000278. The van der Waals surface area contributed by atoms with Crippen LogP contribution in [0, 0.1) is 0 Å². The van der Waals surface area contributed by atoms with E-state index in [1.54, 1.807) is 12.4 Å². The number of carbonyl (C=O) groups excluding carboxylic acids is 1. The monoisotopic (exact) mass is 207 g/mol. The van der Waals surface area contributed by atoms with Crippen LogP contribution in [-0.2, 0) is 11.2 Å². The summed E-state index contributed by atoms with van der Waals surface area (Å²) in [7, 11) is 0. The molecule has 15 heavy (non-hydrogen) atoms. The molecule has 1 amide bonds. The lowest BCUT2D eigenvalue weighted by molar-refractivity contribution is -0.121. The molecular formula is C11H17N3O. The van der Waals surface area contributed by atoms with Crippen LogP contribution in [0.1, 0.15) is 18.9 Å². The van der Waals surface area contributed by atoms with Crippen molar-refractivity contribution in [3.8, 4) is 0 Å². The van der Waals surface area contributed by atoms with Gasteiger partial charge in [0, 0.05) is 25.0 Å². The summed E-state index contributed by atoms with van der Waals surface area (Å²) in [6.07, 6.45) is 4.61. The molecule has 0 aromatic carbocycles. The quantitative estimate of drug-likeness (QED) is 0.737. The second kappa shape index (κ2) is 6.14. The van der Waals surface area contributed by atoms with Gasteiger partial charge in [-0.3, -0.25) is 9.78 Å². The van der Waals surface area contributed by atoms with E-state index in [2.05, 4.69) is 10.3 Å². The molecule has 0 radical (unpaired) electrons. The molecule has 0 aliphatic heterocycles. The van der Waals surface area contributed by atoms with Crippen LogP contribution in [-0.4, -0.2) is 23.5 Å². The van der Waals surface area contributed by atoms with Gasteiger partial charge in [-0.25, -0.2) is 0 Å². The maximum Gasteiger partial charge on any atom is 0.224 e. The maximum absolute atomic E-state index is 11.5. The highest BCUT2D eigenvalue weighted by molar-refractivity contribution is 5.78. The third-order valence-electron chi connectivity index (χ3n) is 2.23. The lowest BCUT2D eigenvalue weighted by atomic mass is 10.2. The van der Waals surface area contributed by atoms with Gasteiger partial charge in [0.25, 0.3) is 0 Å². The lowest BCUT2D eigenvalue weighted by Gasteiger charge is -2.14. The summed E-state index contributed by atoms with van der Waals surface area (Å²) in [5, 5.41) is 2.87. The molecule has 0 spiro atoms. The molecule has 3 N–H and O–H groups in total. The Hall–Kier alpha value is -1.42. The van der Waals surface area contributed by atoms with E-state index in [4.69, 9.17) is 5.73 Å². The average molecular weight is 207 g/mol. The van der Waals surface area contributed by atoms with E-state index in [9.17, 15) is 4.79 Å². The van der Waals surface area contributed by atoms with Crippen molar-refractivity contribution in [3.63, 3.8) is 0 Å². The molecule has 0 saturated carbocycles. The second-order valence-corrected chi connectivity index (χ2v) is 3.45. The van der Waals surface area contributed by atoms with Crippen molar-refractivity contribution < 1.29 is 4.79 Å². The topological polar surface area (TPSA) is 68.0 Å². The van der Waals surface area contributed by atoms with Gasteiger partial charge in [-0.2, -0.15) is 0 Å². The zero-order valence-corrected chi connectivity index (χ0v) is 8.94. The fraction of sp³-hybridized carbons (Fsp3) is 0.455. The number of nitrogens with two attached hydrogens (primary N) is 1. The SMILES string of the molecule is CCC(CN)NC(=O)Cc1cccnc1. The van der Waals surface area contributed by atoms with Gasteiger partial charge in [-0.1, -0.05) is 13.0 Å². The van der Waals surface area contributed by atoms with Crippen LogP contribution in [0.3, 0.4) is 0 Å². The minimum absolute atomic E-state index is 0.000278. The van der Waals surface area contributed by atoms with Gasteiger partial charge in [-0.15, -0.1) is 0 Å². The van der Waals surface area contributed by atoms with Gasteiger partial charge in [0.15, 0.2) is 0 Å². The summed E-state index contributed by atoms with van der Waals surface area (Å²) in [6.45, 7) is 2.48. The molecule has 1 unspecified atom stereocenters. The van der Waals surface area contributed by atoms with E-state index >= 15 is 0 Å². The Morgan fingerprint density at radius 3 is 3.00 bits per heavy atom. The summed E-state index contributed by atoms with van der Waals surface area (Å²) in [4.78, 5) is 15.5. The van der Waals surface area contributed by atoms with Crippen LogP contribution in [0.25, 0.3) is 0 Å². The molecule has 4 heteroatoms. The van der Waals surface area contributed by atoms with E-state index in [1.165, 1.54) is 0 Å². The molecular weight excluding hydrogens is 190 g/mol. The Morgan fingerprint density at radius 1 is 1.67 bits per heavy atom. The van der Waals surface area contributed by atoms with E-state index < -0.39 is 0 Å². The largest absolute Gasteiger partial charge is 0.352 e. The van der Waals surface area contributed by atoms with Crippen LogP contribution in [0.5, 0.6) is 0 Å². The Labute approximate surface area is 89.9 Å². The standard InChI is InChI=1S/C11H17N3O/c1-2-10(7-12)14-11(15)6-9-4-3-5-13-8-9/h3-5,8,10H,2,6-7,12H2,1H3,(H,14,15). The van der Waals surface area contributed by atoms with Gasteiger partial charge in [-0.05, 0) is 18.1 Å². The first kappa shape index (κ1) is 11.7. The van der Waals surface area contributed by atoms with Crippen LogP contribution in [0.2, 0.25) is 0 Å². The molecule has 1 aromatic rings. The average Bonchev–Trinajstić information content (AvgIpc) is 2.27. The van der Waals surface area contributed by atoms with E-state index in [0.717, 1.165) is 12.0 Å². The fourth-order valence-corrected chi connectivity index (χ4v) is 1.29. The molecule has 0 aliphatic rings. The lowest BCUT2D eigenvalue weighted by Crippen LogP contribution is -2.40. The van der Waals surface area contributed by atoms with Crippen LogP contribution >= 0.6 is 0 Å². The Kier molecular flexibility index (Phi) is 4.77. The number of nitrogens with one attached hydrogen (secondary N) is 1. The molecule has 4 nitrogen and oxygen atoms in total. The first-order chi connectivity index (χ1) is 7.26. The number of hydrogen-bond donors (Lipinski definition) is 2. The van der Waals surface area contributed by atoms with Crippen molar-refractivity contribution in [3.05, 3.63) is 30.1 Å². The molecule has 1 atom stereocenters. The molecule has 1 heterocycles. The predicted molar refractivity (Wildman–Crippen MR) is 59.2 cm³/mol.